The minimum Gasteiger partial charge on any atom is -0.372 e. The molecule has 1 atom stereocenters. The van der Waals surface area contributed by atoms with Crippen LogP contribution < -0.4 is 10.6 Å². The van der Waals surface area contributed by atoms with Gasteiger partial charge in [-0.15, -0.1) is 0 Å². The molecule has 0 aliphatic rings. The number of hydrogen-bond donors (Lipinski definition) is 2. The SMILES string of the molecule is COC(C)(CNC(=O)C(=O)Nc1ccc(F)cc1F)c1ccccc1F. The van der Waals surface area contributed by atoms with Gasteiger partial charge in [0.1, 0.15) is 23.1 Å². The number of carbonyl (C=O) groups is 2. The summed E-state index contributed by atoms with van der Waals surface area (Å²) < 4.78 is 45.6. The van der Waals surface area contributed by atoms with E-state index >= 15 is 0 Å². The third kappa shape index (κ3) is 4.40. The minimum atomic E-state index is -1.22. The van der Waals surface area contributed by atoms with E-state index in [-0.39, 0.29) is 17.8 Å². The van der Waals surface area contributed by atoms with Gasteiger partial charge in [-0.3, -0.25) is 9.59 Å². The lowest BCUT2D eigenvalue weighted by Gasteiger charge is -2.29. The zero-order valence-electron chi connectivity index (χ0n) is 14.1. The smallest absolute Gasteiger partial charge is 0.313 e. The van der Waals surface area contributed by atoms with E-state index in [1.54, 1.807) is 13.0 Å². The van der Waals surface area contributed by atoms with E-state index in [0.717, 1.165) is 12.1 Å². The van der Waals surface area contributed by atoms with Crippen molar-refractivity contribution in [3.05, 3.63) is 65.5 Å². The van der Waals surface area contributed by atoms with Crippen molar-refractivity contribution in [3.63, 3.8) is 0 Å². The zero-order valence-corrected chi connectivity index (χ0v) is 14.1. The summed E-state index contributed by atoms with van der Waals surface area (Å²) in [6.45, 7) is 1.34. The van der Waals surface area contributed by atoms with Gasteiger partial charge in [-0.25, -0.2) is 13.2 Å². The Labute approximate surface area is 148 Å². The number of nitrogens with one attached hydrogen (secondary N) is 2. The Morgan fingerprint density at radius 2 is 1.73 bits per heavy atom. The average Bonchev–Trinajstić information content (AvgIpc) is 2.62. The monoisotopic (exact) mass is 366 g/mol. The second-order valence-corrected chi connectivity index (χ2v) is 5.68. The lowest BCUT2D eigenvalue weighted by molar-refractivity contribution is -0.137. The Morgan fingerprint density at radius 3 is 2.35 bits per heavy atom. The third-order valence-corrected chi connectivity index (χ3v) is 3.87. The summed E-state index contributed by atoms with van der Waals surface area (Å²) in [6.07, 6.45) is 0. The zero-order chi connectivity index (χ0) is 19.3. The van der Waals surface area contributed by atoms with Gasteiger partial charge in [-0.2, -0.15) is 0 Å². The van der Waals surface area contributed by atoms with Gasteiger partial charge in [0.15, 0.2) is 0 Å². The van der Waals surface area contributed by atoms with Crippen LogP contribution in [0.2, 0.25) is 0 Å². The van der Waals surface area contributed by atoms with Gasteiger partial charge >= 0.3 is 11.8 Å². The summed E-state index contributed by atoms with van der Waals surface area (Å²) >= 11 is 0. The molecular formula is C18H17F3N2O3. The van der Waals surface area contributed by atoms with Gasteiger partial charge in [-0.05, 0) is 25.1 Å². The number of anilines is 1. The molecule has 2 rings (SSSR count). The van der Waals surface area contributed by atoms with Crippen molar-refractivity contribution in [2.45, 2.75) is 12.5 Å². The molecule has 0 aromatic heterocycles. The lowest BCUT2D eigenvalue weighted by atomic mass is 9.95. The number of halogens is 3. The molecule has 2 amide bonds. The van der Waals surface area contributed by atoms with Gasteiger partial charge < -0.3 is 15.4 Å². The third-order valence-electron chi connectivity index (χ3n) is 3.87. The molecule has 0 bridgehead atoms. The first-order chi connectivity index (χ1) is 12.3. The predicted molar refractivity (Wildman–Crippen MR) is 88.8 cm³/mol. The average molecular weight is 366 g/mol. The number of amides is 2. The molecule has 5 nitrogen and oxygen atoms in total. The van der Waals surface area contributed by atoms with Crippen LogP contribution in [0.25, 0.3) is 0 Å². The molecule has 8 heteroatoms. The molecule has 138 valence electrons. The van der Waals surface area contributed by atoms with E-state index in [1.807, 2.05) is 5.32 Å². The van der Waals surface area contributed by atoms with Gasteiger partial charge in [0, 0.05) is 18.7 Å². The Morgan fingerprint density at radius 1 is 1.04 bits per heavy atom. The first kappa shape index (κ1) is 19.5. The van der Waals surface area contributed by atoms with E-state index in [4.69, 9.17) is 4.74 Å². The van der Waals surface area contributed by atoms with Crippen molar-refractivity contribution >= 4 is 17.5 Å². The van der Waals surface area contributed by atoms with Crippen LogP contribution in [0.3, 0.4) is 0 Å². The lowest BCUT2D eigenvalue weighted by Crippen LogP contribution is -2.44. The van der Waals surface area contributed by atoms with Crippen LogP contribution in [-0.2, 0) is 19.9 Å². The molecule has 0 aliphatic heterocycles. The Kier molecular flexibility index (Phi) is 5.99. The van der Waals surface area contributed by atoms with E-state index < -0.39 is 34.9 Å². The highest BCUT2D eigenvalue weighted by atomic mass is 19.1. The fraction of sp³-hybridized carbons (Fsp3) is 0.222. The molecular weight excluding hydrogens is 349 g/mol. The molecule has 0 heterocycles. The van der Waals surface area contributed by atoms with Crippen LogP contribution in [0.5, 0.6) is 0 Å². The van der Waals surface area contributed by atoms with Crippen LogP contribution >= 0.6 is 0 Å². The summed E-state index contributed by atoms with van der Waals surface area (Å²) in [5.41, 5.74) is -1.36. The minimum absolute atomic E-state index is 0.202. The van der Waals surface area contributed by atoms with E-state index in [1.165, 1.54) is 25.3 Å². The molecule has 0 saturated heterocycles. The highest BCUT2D eigenvalue weighted by Gasteiger charge is 2.30. The summed E-state index contributed by atoms with van der Waals surface area (Å²) in [7, 11) is 1.34. The second-order valence-electron chi connectivity index (χ2n) is 5.68. The van der Waals surface area contributed by atoms with Crippen molar-refractivity contribution in [3.8, 4) is 0 Å². The molecule has 0 fully saturated rings. The first-order valence-electron chi connectivity index (χ1n) is 7.61. The Hall–Kier alpha value is -2.87. The molecule has 0 aliphatic carbocycles. The first-order valence-corrected chi connectivity index (χ1v) is 7.61. The van der Waals surface area contributed by atoms with Crippen molar-refractivity contribution in [1.82, 2.24) is 5.32 Å². The maximum absolute atomic E-state index is 14.0. The quantitative estimate of drug-likeness (QED) is 0.800. The molecule has 26 heavy (non-hydrogen) atoms. The number of ether oxygens (including phenoxy) is 1. The largest absolute Gasteiger partial charge is 0.372 e. The van der Waals surface area contributed by atoms with Crippen LogP contribution in [0.1, 0.15) is 12.5 Å². The number of hydrogen-bond acceptors (Lipinski definition) is 3. The molecule has 0 radical (unpaired) electrons. The van der Waals surface area contributed by atoms with Crippen molar-refractivity contribution in [1.29, 1.82) is 0 Å². The van der Waals surface area contributed by atoms with Crippen LogP contribution in [0.4, 0.5) is 18.9 Å². The van der Waals surface area contributed by atoms with E-state index in [2.05, 4.69) is 5.32 Å². The Balaban J connectivity index is 2.04. The van der Waals surface area contributed by atoms with Crippen molar-refractivity contribution in [2.24, 2.45) is 0 Å². The van der Waals surface area contributed by atoms with Crippen molar-refractivity contribution < 1.29 is 27.5 Å². The van der Waals surface area contributed by atoms with Gasteiger partial charge in [0.25, 0.3) is 0 Å². The fourth-order valence-electron chi connectivity index (χ4n) is 2.27. The highest BCUT2D eigenvalue weighted by Crippen LogP contribution is 2.26. The predicted octanol–water partition coefficient (Wildman–Crippen LogP) is 2.72. The maximum Gasteiger partial charge on any atom is 0.313 e. The van der Waals surface area contributed by atoms with Crippen LogP contribution in [-0.4, -0.2) is 25.5 Å². The van der Waals surface area contributed by atoms with E-state index in [9.17, 15) is 22.8 Å². The fourth-order valence-corrected chi connectivity index (χ4v) is 2.27. The summed E-state index contributed by atoms with van der Waals surface area (Å²) in [5, 5.41) is 4.35. The molecule has 2 aromatic rings. The summed E-state index contributed by atoms with van der Waals surface area (Å²) in [6, 6.07) is 8.38. The van der Waals surface area contributed by atoms with Crippen LogP contribution in [0.15, 0.2) is 42.5 Å². The van der Waals surface area contributed by atoms with Gasteiger partial charge in [0.2, 0.25) is 0 Å². The highest BCUT2D eigenvalue weighted by molar-refractivity contribution is 6.39. The summed E-state index contributed by atoms with van der Waals surface area (Å²) in [4.78, 5) is 23.8. The van der Waals surface area contributed by atoms with Crippen molar-refractivity contribution in [2.75, 3.05) is 19.0 Å². The summed E-state index contributed by atoms with van der Waals surface area (Å²) in [5.74, 6) is -4.58. The topological polar surface area (TPSA) is 67.4 Å². The molecule has 2 aromatic carbocycles. The van der Waals surface area contributed by atoms with Gasteiger partial charge in [0.05, 0.1) is 12.2 Å². The molecule has 2 N–H and O–H groups in total. The number of rotatable bonds is 5. The molecule has 0 saturated carbocycles. The van der Waals surface area contributed by atoms with Gasteiger partial charge in [-0.1, -0.05) is 18.2 Å². The standard InChI is InChI=1S/C18H17F3N2O3/c1-18(26-2,12-5-3-4-6-13(12)20)10-22-16(24)17(25)23-15-8-7-11(19)9-14(15)21/h3-9H,10H2,1-2H3,(H,22,24)(H,23,25). The Bertz CT molecular complexity index is 829. The normalized spacial score (nSPS) is 13.0. The van der Waals surface area contributed by atoms with E-state index in [0.29, 0.717) is 6.07 Å². The van der Waals surface area contributed by atoms with Crippen LogP contribution in [0, 0.1) is 17.5 Å². The number of methoxy groups -OCH3 is 1. The molecule has 1 unspecified atom stereocenters. The molecule has 0 spiro atoms. The number of benzene rings is 2. The maximum atomic E-state index is 14.0. The second kappa shape index (κ2) is 8.01. The number of carbonyl (C=O) groups excluding carboxylic acids is 2.